The molecule has 3 amide bonds. The maximum absolute atomic E-state index is 13.5. The molecule has 3 aromatic carbocycles. The number of nitrogens with zero attached hydrogens (tertiary/aromatic N) is 2. The molecule has 0 radical (unpaired) electrons. The molecule has 1 heterocycles. The number of ketones is 1. The van der Waals surface area contributed by atoms with Crippen LogP contribution in [-0.2, 0) is 16.0 Å². The fraction of sp³-hybridized carbons (Fsp3) is 0.192. The number of hydrogen-bond acceptors (Lipinski definition) is 3. The number of rotatable bonds is 6. The fourth-order valence-electron chi connectivity index (χ4n) is 3.84. The summed E-state index contributed by atoms with van der Waals surface area (Å²) in [5, 5.41) is 2.94. The van der Waals surface area contributed by atoms with E-state index in [-0.39, 0.29) is 18.2 Å². The summed E-state index contributed by atoms with van der Waals surface area (Å²) in [6.07, 6.45) is 0.700. The van der Waals surface area contributed by atoms with Gasteiger partial charge in [-0.15, -0.1) is 0 Å². The summed E-state index contributed by atoms with van der Waals surface area (Å²) in [5.41, 5.74) is 2.32. The van der Waals surface area contributed by atoms with Gasteiger partial charge in [-0.1, -0.05) is 66.7 Å². The highest BCUT2D eigenvalue weighted by Gasteiger charge is 2.32. The summed E-state index contributed by atoms with van der Waals surface area (Å²) >= 11 is 0. The van der Waals surface area contributed by atoms with Crippen LogP contribution in [0.25, 0.3) is 0 Å². The Hall–Kier alpha value is -3.93. The minimum Gasteiger partial charge on any atom is -0.333 e. The van der Waals surface area contributed by atoms with E-state index in [1.54, 1.807) is 4.90 Å². The number of benzene rings is 3. The van der Waals surface area contributed by atoms with Gasteiger partial charge in [-0.05, 0) is 29.8 Å². The molecular weight excluding hydrogens is 402 g/mol. The largest absolute Gasteiger partial charge is 0.333 e. The standard InChI is InChI=1S/C26H25N3O3/c30-23-16-17-28(19-23)25(31)24(18-20-10-4-1-5-11-20)27-26(32)29(21-12-6-2-7-13-21)22-14-8-3-9-15-22/h1-15,24H,16-19H2,(H,27,32)/t24-/m0/s1. The topological polar surface area (TPSA) is 69.7 Å². The van der Waals surface area contributed by atoms with Crippen LogP contribution in [-0.4, -0.2) is 41.8 Å². The Balaban J connectivity index is 1.62. The second-order valence-corrected chi connectivity index (χ2v) is 7.75. The van der Waals surface area contributed by atoms with Crippen molar-refractivity contribution in [2.45, 2.75) is 18.9 Å². The summed E-state index contributed by atoms with van der Waals surface area (Å²) in [7, 11) is 0. The number of amides is 3. The number of Topliss-reactive ketones (excluding diaryl/α,β-unsaturated/α-hetero) is 1. The van der Waals surface area contributed by atoms with Crippen LogP contribution in [0.4, 0.5) is 16.2 Å². The summed E-state index contributed by atoms with van der Waals surface area (Å²) in [6, 6.07) is 27.0. The highest BCUT2D eigenvalue weighted by Crippen LogP contribution is 2.25. The summed E-state index contributed by atoms with van der Waals surface area (Å²) in [5.74, 6) is -0.201. The molecule has 1 aliphatic rings. The molecule has 1 aliphatic heterocycles. The molecule has 1 fully saturated rings. The van der Waals surface area contributed by atoms with Crippen LogP contribution < -0.4 is 10.2 Å². The summed E-state index contributed by atoms with van der Waals surface area (Å²) in [6.45, 7) is 0.487. The Labute approximate surface area is 187 Å². The van der Waals surface area contributed by atoms with Gasteiger partial charge in [0, 0.05) is 19.4 Å². The number of para-hydroxylation sites is 2. The SMILES string of the molecule is O=C1CCN(C(=O)[C@H](Cc2ccccc2)NC(=O)N(c2ccccc2)c2ccccc2)C1. The first kappa shape index (κ1) is 21.3. The van der Waals surface area contributed by atoms with Crippen molar-refractivity contribution < 1.29 is 14.4 Å². The lowest BCUT2D eigenvalue weighted by Gasteiger charge is -2.28. The Kier molecular flexibility index (Phi) is 6.60. The van der Waals surface area contributed by atoms with E-state index < -0.39 is 12.1 Å². The van der Waals surface area contributed by atoms with Crippen molar-refractivity contribution in [1.82, 2.24) is 10.2 Å². The van der Waals surface area contributed by atoms with Gasteiger partial charge in [0.25, 0.3) is 0 Å². The molecule has 6 heteroatoms. The number of anilines is 2. The third-order valence-electron chi connectivity index (χ3n) is 5.45. The lowest BCUT2D eigenvalue weighted by atomic mass is 10.0. The molecule has 0 bridgehead atoms. The molecule has 0 spiro atoms. The van der Waals surface area contributed by atoms with Gasteiger partial charge >= 0.3 is 6.03 Å². The zero-order valence-electron chi connectivity index (χ0n) is 17.7. The van der Waals surface area contributed by atoms with Gasteiger partial charge in [-0.25, -0.2) is 4.79 Å². The Morgan fingerprint density at radius 3 is 1.88 bits per heavy atom. The highest BCUT2D eigenvalue weighted by molar-refractivity contribution is 6.02. The summed E-state index contributed by atoms with van der Waals surface area (Å²) in [4.78, 5) is 41.6. The van der Waals surface area contributed by atoms with Crippen LogP contribution in [0.5, 0.6) is 0 Å². The van der Waals surface area contributed by atoms with E-state index in [4.69, 9.17) is 0 Å². The smallest absolute Gasteiger partial charge is 0.327 e. The normalized spacial score (nSPS) is 14.1. The average Bonchev–Trinajstić information content (AvgIpc) is 3.27. The molecule has 1 N–H and O–H groups in total. The van der Waals surface area contributed by atoms with Gasteiger partial charge in [-0.2, -0.15) is 0 Å². The van der Waals surface area contributed by atoms with Crippen molar-refractivity contribution in [1.29, 1.82) is 0 Å². The van der Waals surface area contributed by atoms with Gasteiger partial charge in [0.2, 0.25) is 5.91 Å². The first-order valence-electron chi connectivity index (χ1n) is 10.7. The van der Waals surface area contributed by atoms with Gasteiger partial charge in [-0.3, -0.25) is 14.5 Å². The minimum atomic E-state index is -0.786. The van der Waals surface area contributed by atoms with E-state index in [1.165, 1.54) is 4.90 Å². The molecule has 3 aromatic rings. The molecule has 32 heavy (non-hydrogen) atoms. The van der Waals surface area contributed by atoms with Crippen molar-refractivity contribution in [3.8, 4) is 0 Å². The molecule has 0 saturated carbocycles. The highest BCUT2D eigenvalue weighted by atomic mass is 16.2. The monoisotopic (exact) mass is 427 g/mol. The van der Waals surface area contributed by atoms with Crippen molar-refractivity contribution in [3.05, 3.63) is 96.6 Å². The molecule has 0 aromatic heterocycles. The number of nitrogens with one attached hydrogen (secondary N) is 1. The molecule has 162 valence electrons. The van der Waals surface area contributed by atoms with Crippen LogP contribution >= 0.6 is 0 Å². The molecular formula is C26H25N3O3. The lowest BCUT2D eigenvalue weighted by molar-refractivity contribution is -0.133. The number of urea groups is 1. The molecule has 1 atom stereocenters. The van der Waals surface area contributed by atoms with Crippen molar-refractivity contribution >= 4 is 29.1 Å². The molecule has 0 aliphatic carbocycles. The number of likely N-dealkylation sites (tertiary alicyclic amines) is 1. The minimum absolute atomic E-state index is 0.0401. The zero-order chi connectivity index (χ0) is 22.3. The third-order valence-corrected chi connectivity index (χ3v) is 5.45. The van der Waals surface area contributed by atoms with Crippen molar-refractivity contribution in [2.75, 3.05) is 18.0 Å². The predicted molar refractivity (Wildman–Crippen MR) is 124 cm³/mol. The molecule has 4 rings (SSSR count). The average molecular weight is 428 g/mol. The van der Waals surface area contributed by atoms with Gasteiger partial charge < -0.3 is 10.2 Å². The molecule has 1 saturated heterocycles. The summed E-state index contributed by atoms with van der Waals surface area (Å²) < 4.78 is 0. The van der Waals surface area contributed by atoms with Gasteiger partial charge in [0.1, 0.15) is 6.04 Å². The molecule has 0 unspecified atom stereocenters. The first-order chi connectivity index (χ1) is 15.6. The Morgan fingerprint density at radius 1 is 0.844 bits per heavy atom. The van der Waals surface area contributed by atoms with E-state index >= 15 is 0 Å². The van der Waals surface area contributed by atoms with Crippen LogP contribution in [0.15, 0.2) is 91.0 Å². The van der Waals surface area contributed by atoms with Crippen LogP contribution in [0, 0.1) is 0 Å². The first-order valence-corrected chi connectivity index (χ1v) is 10.7. The van der Waals surface area contributed by atoms with Gasteiger partial charge in [0.05, 0.1) is 17.9 Å². The Morgan fingerprint density at radius 2 is 1.38 bits per heavy atom. The van der Waals surface area contributed by atoms with E-state index in [0.29, 0.717) is 30.8 Å². The Bertz CT molecular complexity index is 1030. The van der Waals surface area contributed by atoms with Crippen molar-refractivity contribution in [2.24, 2.45) is 0 Å². The lowest BCUT2D eigenvalue weighted by Crippen LogP contribution is -2.52. The maximum Gasteiger partial charge on any atom is 0.327 e. The van der Waals surface area contributed by atoms with E-state index in [9.17, 15) is 14.4 Å². The predicted octanol–water partition coefficient (Wildman–Crippen LogP) is 3.95. The third kappa shape index (κ3) is 5.03. The van der Waals surface area contributed by atoms with E-state index in [0.717, 1.165) is 5.56 Å². The fourth-order valence-corrected chi connectivity index (χ4v) is 3.84. The van der Waals surface area contributed by atoms with E-state index in [2.05, 4.69) is 5.32 Å². The number of carbonyl (C=O) groups is 3. The van der Waals surface area contributed by atoms with Crippen LogP contribution in [0.2, 0.25) is 0 Å². The quantitative estimate of drug-likeness (QED) is 0.648. The van der Waals surface area contributed by atoms with Crippen molar-refractivity contribution in [3.63, 3.8) is 0 Å². The van der Waals surface area contributed by atoms with Crippen LogP contribution in [0.1, 0.15) is 12.0 Å². The zero-order valence-corrected chi connectivity index (χ0v) is 17.7. The van der Waals surface area contributed by atoms with E-state index in [1.807, 2.05) is 91.0 Å². The second-order valence-electron chi connectivity index (χ2n) is 7.75. The van der Waals surface area contributed by atoms with Gasteiger partial charge in [0.15, 0.2) is 5.78 Å². The second kappa shape index (κ2) is 9.92. The van der Waals surface area contributed by atoms with Crippen LogP contribution in [0.3, 0.4) is 0 Å². The molecule has 6 nitrogen and oxygen atoms in total. The number of hydrogen-bond donors (Lipinski definition) is 1. The maximum atomic E-state index is 13.5. The number of carbonyl (C=O) groups excluding carboxylic acids is 3.